The van der Waals surface area contributed by atoms with Gasteiger partial charge in [0.1, 0.15) is 40.5 Å². The SMILES string of the molecule is COc1ccc(S(=O)(=O)NC(=O)CN(c2cccc3c2CCN3C(C(=O)NS(=O)(=O)c2ccc(C)cc2OC)c2cccc(OC)c2)S(=O)(=O)c2ccc(OC)cc2)cc1. The Balaban J connectivity index is 1.42. The van der Waals surface area contributed by atoms with Gasteiger partial charge in [0.2, 0.25) is 0 Å². The third-order valence-electron chi connectivity index (χ3n) is 9.67. The molecule has 1 aliphatic heterocycles. The maximum absolute atomic E-state index is 14.5. The zero-order valence-corrected chi connectivity index (χ0v) is 35.6. The van der Waals surface area contributed by atoms with E-state index < -0.39 is 54.5 Å². The van der Waals surface area contributed by atoms with E-state index in [-0.39, 0.29) is 39.1 Å². The number of benzene rings is 5. The maximum Gasteiger partial charge on any atom is 0.267 e. The molecular formula is C41H42N4O12S3. The minimum atomic E-state index is -4.60. The van der Waals surface area contributed by atoms with Crippen molar-refractivity contribution in [2.45, 2.75) is 34.1 Å². The molecule has 0 bridgehead atoms. The van der Waals surface area contributed by atoms with Gasteiger partial charge < -0.3 is 23.8 Å². The molecule has 5 aromatic rings. The predicted octanol–water partition coefficient (Wildman–Crippen LogP) is 4.34. The van der Waals surface area contributed by atoms with E-state index in [9.17, 15) is 34.8 Å². The smallest absolute Gasteiger partial charge is 0.267 e. The number of carbonyl (C=O) groups excluding carboxylic acids is 2. The highest BCUT2D eigenvalue weighted by atomic mass is 32.2. The van der Waals surface area contributed by atoms with Gasteiger partial charge in [-0.25, -0.2) is 34.7 Å². The van der Waals surface area contributed by atoms with Crippen LogP contribution in [0.5, 0.6) is 23.0 Å². The minimum absolute atomic E-state index is 0.0182. The Kier molecular flexibility index (Phi) is 12.6. The highest BCUT2D eigenvalue weighted by molar-refractivity contribution is 7.93. The number of aryl methyl sites for hydroxylation is 1. The molecule has 1 heterocycles. The van der Waals surface area contributed by atoms with Gasteiger partial charge in [-0.15, -0.1) is 0 Å². The third kappa shape index (κ3) is 8.97. The molecule has 0 saturated heterocycles. The zero-order chi connectivity index (χ0) is 43.4. The zero-order valence-electron chi connectivity index (χ0n) is 33.1. The summed E-state index contributed by atoms with van der Waals surface area (Å²) in [4.78, 5) is 28.9. The van der Waals surface area contributed by atoms with E-state index in [0.29, 0.717) is 34.1 Å². The number of rotatable bonds is 16. The number of sulfonamides is 3. The molecule has 316 valence electrons. The molecule has 2 N–H and O–H groups in total. The number of nitrogens with zero attached hydrogens (tertiary/aromatic N) is 2. The van der Waals surface area contributed by atoms with Gasteiger partial charge in [-0.2, -0.15) is 0 Å². The first-order chi connectivity index (χ1) is 28.5. The highest BCUT2D eigenvalue weighted by Gasteiger charge is 2.39. The molecule has 19 heteroatoms. The molecule has 0 aromatic heterocycles. The quantitative estimate of drug-likeness (QED) is 0.142. The van der Waals surface area contributed by atoms with Gasteiger partial charge in [-0.3, -0.25) is 13.9 Å². The largest absolute Gasteiger partial charge is 0.497 e. The van der Waals surface area contributed by atoms with Crippen LogP contribution in [0.4, 0.5) is 11.4 Å². The van der Waals surface area contributed by atoms with Crippen LogP contribution >= 0.6 is 0 Å². The second-order valence-electron chi connectivity index (χ2n) is 13.4. The van der Waals surface area contributed by atoms with E-state index in [1.165, 1.54) is 101 Å². The van der Waals surface area contributed by atoms with Crippen LogP contribution in [-0.4, -0.2) is 78.6 Å². The van der Waals surface area contributed by atoms with E-state index in [0.717, 1.165) is 9.87 Å². The number of carbonyl (C=O) groups is 2. The monoisotopic (exact) mass is 878 g/mol. The van der Waals surface area contributed by atoms with Crippen LogP contribution in [0.15, 0.2) is 124 Å². The molecule has 5 aromatic carbocycles. The molecule has 1 aliphatic rings. The minimum Gasteiger partial charge on any atom is -0.497 e. The van der Waals surface area contributed by atoms with E-state index in [1.807, 2.05) is 4.72 Å². The van der Waals surface area contributed by atoms with Gasteiger partial charge in [0.05, 0.1) is 43.9 Å². The van der Waals surface area contributed by atoms with E-state index in [1.54, 1.807) is 48.2 Å². The summed E-state index contributed by atoms with van der Waals surface area (Å²) in [5, 5.41) is 0. The number of fused-ring (bicyclic) bond motifs is 1. The Bertz CT molecular complexity index is 2750. The van der Waals surface area contributed by atoms with Gasteiger partial charge in [-0.1, -0.05) is 24.3 Å². The van der Waals surface area contributed by atoms with Crippen molar-refractivity contribution in [1.29, 1.82) is 0 Å². The van der Waals surface area contributed by atoms with Gasteiger partial charge in [0, 0.05) is 17.8 Å². The Morgan fingerprint density at radius 2 is 1.30 bits per heavy atom. The highest BCUT2D eigenvalue weighted by Crippen LogP contribution is 2.42. The van der Waals surface area contributed by atoms with Gasteiger partial charge in [-0.05, 0) is 109 Å². The van der Waals surface area contributed by atoms with Gasteiger partial charge >= 0.3 is 0 Å². The van der Waals surface area contributed by atoms with Crippen molar-refractivity contribution in [3.8, 4) is 23.0 Å². The van der Waals surface area contributed by atoms with E-state index in [4.69, 9.17) is 18.9 Å². The first-order valence-electron chi connectivity index (χ1n) is 18.1. The number of methoxy groups -OCH3 is 4. The standard InChI is InChI=1S/C41H42N4O12S3/c1-27-12-21-38(37(24-27)57-5)59(50,51)43-41(47)40(28-8-6-9-31(25-28)56-4)44-23-22-34-35(44)10-7-11-36(34)45(60(52,53)33-19-15-30(55-3)16-20-33)26-39(46)42-58(48,49)32-17-13-29(54-2)14-18-32/h6-21,24-25,40H,22-23,26H2,1-5H3,(H,42,46)(H,43,47). The lowest BCUT2D eigenvalue weighted by molar-refractivity contribution is -0.121. The molecule has 60 heavy (non-hydrogen) atoms. The number of hydrogen-bond acceptors (Lipinski definition) is 13. The first kappa shape index (κ1) is 43.3. The van der Waals surface area contributed by atoms with Crippen molar-refractivity contribution < 1.29 is 53.8 Å². The Morgan fingerprint density at radius 1 is 0.683 bits per heavy atom. The van der Waals surface area contributed by atoms with Crippen molar-refractivity contribution in [2.24, 2.45) is 0 Å². The molecule has 6 rings (SSSR count). The molecule has 16 nitrogen and oxygen atoms in total. The summed E-state index contributed by atoms with van der Waals surface area (Å²) in [7, 11) is -7.99. The molecule has 0 fully saturated rings. The van der Waals surface area contributed by atoms with Crippen LogP contribution in [0, 0.1) is 6.92 Å². The number of nitrogens with one attached hydrogen (secondary N) is 2. The average Bonchev–Trinajstić information content (AvgIpc) is 3.66. The number of amides is 2. The van der Waals surface area contributed by atoms with E-state index in [2.05, 4.69) is 4.72 Å². The van der Waals surface area contributed by atoms with Gasteiger partial charge in [0.25, 0.3) is 41.9 Å². The fourth-order valence-electron chi connectivity index (χ4n) is 6.77. The fraction of sp³-hybridized carbons (Fsp3) is 0.220. The van der Waals surface area contributed by atoms with Crippen LogP contribution in [0.2, 0.25) is 0 Å². The summed E-state index contributed by atoms with van der Waals surface area (Å²) in [5.74, 6) is -0.944. The number of hydrogen-bond donors (Lipinski definition) is 2. The van der Waals surface area contributed by atoms with Crippen molar-refractivity contribution in [1.82, 2.24) is 9.44 Å². The molecule has 0 radical (unpaired) electrons. The van der Waals surface area contributed by atoms with Crippen LogP contribution in [0.3, 0.4) is 0 Å². The normalized spacial score (nSPS) is 13.1. The lowest BCUT2D eigenvalue weighted by atomic mass is 10.0. The molecule has 0 saturated carbocycles. The average molecular weight is 879 g/mol. The molecule has 0 aliphatic carbocycles. The van der Waals surface area contributed by atoms with Gasteiger partial charge in [0.15, 0.2) is 0 Å². The summed E-state index contributed by atoms with van der Waals surface area (Å²) < 4.78 is 109. The van der Waals surface area contributed by atoms with Crippen LogP contribution in [0.1, 0.15) is 22.7 Å². The summed E-state index contributed by atoms with van der Waals surface area (Å²) in [6.45, 7) is 0.871. The van der Waals surface area contributed by atoms with Crippen molar-refractivity contribution >= 4 is 53.3 Å². The topological polar surface area (TPSA) is 204 Å². The van der Waals surface area contributed by atoms with Crippen molar-refractivity contribution in [2.75, 3.05) is 50.7 Å². The summed E-state index contributed by atoms with van der Waals surface area (Å²) >= 11 is 0. The molecular weight excluding hydrogens is 837 g/mol. The van der Waals surface area contributed by atoms with Crippen molar-refractivity contribution in [3.05, 3.63) is 126 Å². The predicted molar refractivity (Wildman–Crippen MR) is 222 cm³/mol. The Labute approximate surface area is 348 Å². The second kappa shape index (κ2) is 17.5. The maximum atomic E-state index is 14.5. The fourth-order valence-corrected chi connectivity index (χ4v) is 10.3. The molecule has 1 atom stereocenters. The first-order valence-corrected chi connectivity index (χ1v) is 22.5. The summed E-state index contributed by atoms with van der Waals surface area (Å²) in [6.07, 6.45) is 0.123. The summed E-state index contributed by atoms with van der Waals surface area (Å²) in [5.41, 5.74) is 1.83. The number of ether oxygens (including phenoxy) is 4. The Morgan fingerprint density at radius 3 is 1.92 bits per heavy atom. The molecule has 2 amide bonds. The van der Waals surface area contributed by atoms with Crippen molar-refractivity contribution in [3.63, 3.8) is 0 Å². The lowest BCUT2D eigenvalue weighted by Gasteiger charge is -2.31. The van der Waals surface area contributed by atoms with Crippen LogP contribution < -0.4 is 37.6 Å². The lowest BCUT2D eigenvalue weighted by Crippen LogP contribution is -2.43. The van der Waals surface area contributed by atoms with Crippen LogP contribution in [0.25, 0.3) is 0 Å². The van der Waals surface area contributed by atoms with Crippen LogP contribution in [-0.2, 0) is 46.1 Å². The molecule has 0 spiro atoms. The number of anilines is 2. The Hall–Kier alpha value is -6.31. The summed E-state index contributed by atoms with van der Waals surface area (Å²) in [6, 6.07) is 24.9. The molecule has 1 unspecified atom stereocenters. The second-order valence-corrected chi connectivity index (χ2v) is 18.6. The van der Waals surface area contributed by atoms with E-state index >= 15 is 0 Å². The third-order valence-corrected chi connectivity index (χ3v) is 14.2.